The Morgan fingerprint density at radius 1 is 0.938 bits per heavy atom. The predicted molar refractivity (Wildman–Crippen MR) is 63.7 cm³/mol. The van der Waals surface area contributed by atoms with Gasteiger partial charge in [-0.25, -0.2) is 5.01 Å². The molecule has 3 fully saturated rings. The number of hydrogen-bond donors (Lipinski definition) is 4. The van der Waals surface area contributed by atoms with Crippen molar-refractivity contribution in [1.82, 2.24) is 26.4 Å². The molecule has 3 aliphatic heterocycles. The van der Waals surface area contributed by atoms with Gasteiger partial charge >= 0.3 is 0 Å². The maximum atomic E-state index is 3.75. The van der Waals surface area contributed by atoms with Gasteiger partial charge in [0.2, 0.25) is 0 Å². The van der Waals surface area contributed by atoms with E-state index >= 15 is 0 Å². The Morgan fingerprint density at radius 3 is 2.44 bits per heavy atom. The van der Waals surface area contributed by atoms with Gasteiger partial charge < -0.3 is 0 Å². The van der Waals surface area contributed by atoms with Gasteiger partial charge in [0.05, 0.1) is 6.17 Å². The SMILES string of the molecule is C1CCC(C2NCCN2)(N2CCCN2)NC1. The van der Waals surface area contributed by atoms with Crippen LogP contribution in [-0.4, -0.2) is 49.6 Å². The molecule has 0 radical (unpaired) electrons. The zero-order valence-electron chi connectivity index (χ0n) is 9.89. The highest BCUT2D eigenvalue weighted by molar-refractivity contribution is 5.01. The average Bonchev–Trinajstić information content (AvgIpc) is 3.04. The van der Waals surface area contributed by atoms with Crippen LogP contribution in [0.3, 0.4) is 0 Å². The van der Waals surface area contributed by atoms with E-state index in [0.29, 0.717) is 6.17 Å². The molecule has 0 spiro atoms. The van der Waals surface area contributed by atoms with Crippen molar-refractivity contribution in [3.63, 3.8) is 0 Å². The van der Waals surface area contributed by atoms with E-state index in [4.69, 9.17) is 0 Å². The van der Waals surface area contributed by atoms with E-state index < -0.39 is 0 Å². The first-order chi connectivity index (χ1) is 7.92. The highest BCUT2D eigenvalue weighted by Gasteiger charge is 2.46. The highest BCUT2D eigenvalue weighted by atomic mass is 15.6. The van der Waals surface area contributed by atoms with Gasteiger partial charge in [0.15, 0.2) is 0 Å². The summed E-state index contributed by atoms with van der Waals surface area (Å²) >= 11 is 0. The summed E-state index contributed by atoms with van der Waals surface area (Å²) in [5.41, 5.74) is 3.62. The standard InChI is InChI=1S/C11H23N5/c1-2-5-14-11(4-1,10-12-7-8-13-10)16-9-3-6-15-16/h10,12-15H,1-9H2. The van der Waals surface area contributed by atoms with Gasteiger partial charge in [-0.2, -0.15) is 0 Å². The first-order valence-corrected chi connectivity index (χ1v) is 6.65. The monoisotopic (exact) mass is 225 g/mol. The number of rotatable bonds is 2. The molecule has 3 heterocycles. The number of hydrogen-bond acceptors (Lipinski definition) is 5. The van der Waals surface area contributed by atoms with E-state index in [2.05, 4.69) is 26.4 Å². The van der Waals surface area contributed by atoms with Gasteiger partial charge in [-0.15, -0.1) is 0 Å². The van der Waals surface area contributed by atoms with E-state index in [0.717, 1.165) is 32.7 Å². The van der Waals surface area contributed by atoms with Crippen molar-refractivity contribution in [3.05, 3.63) is 0 Å². The molecule has 3 rings (SSSR count). The third-order valence-corrected chi connectivity index (χ3v) is 4.06. The Kier molecular flexibility index (Phi) is 3.13. The van der Waals surface area contributed by atoms with Crippen LogP contribution < -0.4 is 21.4 Å². The minimum absolute atomic E-state index is 0.0885. The number of hydrazine groups is 1. The van der Waals surface area contributed by atoms with Crippen LogP contribution in [0.5, 0.6) is 0 Å². The molecule has 5 nitrogen and oxygen atoms in total. The Morgan fingerprint density at radius 2 is 1.81 bits per heavy atom. The molecular weight excluding hydrogens is 202 g/mol. The first-order valence-electron chi connectivity index (χ1n) is 6.65. The summed E-state index contributed by atoms with van der Waals surface area (Å²) in [4.78, 5) is 0. The van der Waals surface area contributed by atoms with E-state index in [1.165, 1.54) is 25.7 Å². The number of nitrogens with zero attached hydrogens (tertiary/aromatic N) is 1. The van der Waals surface area contributed by atoms with E-state index in [1.807, 2.05) is 0 Å². The summed E-state index contributed by atoms with van der Waals surface area (Å²) in [6.45, 7) is 5.59. The van der Waals surface area contributed by atoms with Gasteiger partial charge in [0.1, 0.15) is 5.66 Å². The van der Waals surface area contributed by atoms with Crippen molar-refractivity contribution in [2.75, 3.05) is 32.7 Å². The van der Waals surface area contributed by atoms with Gasteiger partial charge in [-0.3, -0.25) is 21.4 Å². The summed E-state index contributed by atoms with van der Waals surface area (Å²) in [6.07, 6.45) is 5.51. The zero-order valence-corrected chi connectivity index (χ0v) is 9.89. The lowest BCUT2D eigenvalue weighted by atomic mass is 9.94. The summed E-state index contributed by atoms with van der Waals surface area (Å²) in [6, 6.07) is 0. The second-order valence-electron chi connectivity index (χ2n) is 5.06. The third kappa shape index (κ3) is 1.76. The number of piperidine rings is 1. The quantitative estimate of drug-likeness (QED) is 0.495. The molecule has 1 unspecified atom stereocenters. The maximum Gasteiger partial charge on any atom is 0.113 e. The topological polar surface area (TPSA) is 51.4 Å². The summed E-state index contributed by atoms with van der Waals surface area (Å²) < 4.78 is 0. The predicted octanol–water partition coefficient (Wildman–Crippen LogP) is -0.815. The average molecular weight is 225 g/mol. The minimum Gasteiger partial charge on any atom is -0.298 e. The summed E-state index contributed by atoms with van der Waals surface area (Å²) in [5, 5.41) is 13.4. The van der Waals surface area contributed by atoms with Crippen molar-refractivity contribution in [2.24, 2.45) is 0 Å². The van der Waals surface area contributed by atoms with E-state index in [9.17, 15) is 0 Å². The maximum absolute atomic E-state index is 3.75. The molecule has 16 heavy (non-hydrogen) atoms. The van der Waals surface area contributed by atoms with Crippen molar-refractivity contribution in [1.29, 1.82) is 0 Å². The molecule has 0 bridgehead atoms. The largest absolute Gasteiger partial charge is 0.298 e. The van der Waals surface area contributed by atoms with Crippen LogP contribution in [0.4, 0.5) is 0 Å². The Hall–Kier alpha value is -0.200. The highest BCUT2D eigenvalue weighted by Crippen LogP contribution is 2.27. The van der Waals surface area contributed by atoms with Crippen LogP contribution in [0.15, 0.2) is 0 Å². The number of nitrogens with one attached hydrogen (secondary N) is 4. The van der Waals surface area contributed by atoms with Crippen LogP contribution >= 0.6 is 0 Å². The molecule has 5 heteroatoms. The molecule has 3 saturated heterocycles. The molecular formula is C11H23N5. The zero-order chi connectivity index (χ0) is 10.8. The fraction of sp³-hybridized carbons (Fsp3) is 1.00. The summed E-state index contributed by atoms with van der Waals surface area (Å²) in [7, 11) is 0. The second-order valence-corrected chi connectivity index (χ2v) is 5.06. The molecule has 3 aliphatic rings. The van der Waals surface area contributed by atoms with Crippen molar-refractivity contribution < 1.29 is 0 Å². The molecule has 0 aromatic rings. The van der Waals surface area contributed by atoms with Crippen molar-refractivity contribution in [2.45, 2.75) is 37.5 Å². The van der Waals surface area contributed by atoms with Crippen LogP contribution in [0.1, 0.15) is 25.7 Å². The third-order valence-electron chi connectivity index (χ3n) is 4.06. The van der Waals surface area contributed by atoms with Crippen LogP contribution in [0.25, 0.3) is 0 Å². The van der Waals surface area contributed by atoms with E-state index in [-0.39, 0.29) is 5.66 Å². The van der Waals surface area contributed by atoms with E-state index in [1.54, 1.807) is 0 Å². The second kappa shape index (κ2) is 4.58. The fourth-order valence-electron chi connectivity index (χ4n) is 3.26. The lowest BCUT2D eigenvalue weighted by molar-refractivity contribution is -0.0201. The van der Waals surface area contributed by atoms with Gasteiger partial charge in [0.25, 0.3) is 0 Å². The van der Waals surface area contributed by atoms with Crippen molar-refractivity contribution >= 4 is 0 Å². The van der Waals surface area contributed by atoms with Gasteiger partial charge in [-0.1, -0.05) is 0 Å². The molecule has 0 aromatic heterocycles. The molecule has 92 valence electrons. The molecule has 0 amide bonds. The van der Waals surface area contributed by atoms with Crippen LogP contribution in [0.2, 0.25) is 0 Å². The molecule has 0 aliphatic carbocycles. The van der Waals surface area contributed by atoms with Crippen LogP contribution in [0, 0.1) is 0 Å². The molecule has 0 saturated carbocycles. The Balaban J connectivity index is 1.79. The lowest BCUT2D eigenvalue weighted by Crippen LogP contribution is -2.73. The Bertz CT molecular complexity index is 209. The fourth-order valence-corrected chi connectivity index (χ4v) is 3.26. The minimum atomic E-state index is 0.0885. The normalized spacial score (nSPS) is 38.2. The van der Waals surface area contributed by atoms with Gasteiger partial charge in [0, 0.05) is 26.2 Å². The van der Waals surface area contributed by atoms with Crippen LogP contribution in [-0.2, 0) is 0 Å². The molecule has 1 atom stereocenters. The summed E-state index contributed by atoms with van der Waals surface area (Å²) in [5.74, 6) is 0. The van der Waals surface area contributed by atoms with Gasteiger partial charge in [-0.05, 0) is 32.2 Å². The first kappa shape index (κ1) is 10.9. The lowest BCUT2D eigenvalue weighted by Gasteiger charge is -2.48. The molecule has 0 aromatic carbocycles. The smallest absolute Gasteiger partial charge is 0.113 e. The van der Waals surface area contributed by atoms with Crippen molar-refractivity contribution in [3.8, 4) is 0 Å². The Labute approximate surface area is 97.3 Å². The molecule has 4 N–H and O–H groups in total.